The van der Waals surface area contributed by atoms with E-state index in [1.54, 1.807) is 58.9 Å². The van der Waals surface area contributed by atoms with Gasteiger partial charge in [-0.15, -0.1) is 5.10 Å². The quantitative estimate of drug-likeness (QED) is 0.204. The van der Waals surface area contributed by atoms with Crippen LogP contribution in [0.4, 0.5) is 23.7 Å². The zero-order valence-corrected chi connectivity index (χ0v) is 25.8. The van der Waals surface area contributed by atoms with E-state index in [1.807, 2.05) is 6.07 Å². The summed E-state index contributed by atoms with van der Waals surface area (Å²) in [6.07, 6.45) is -1.55. The Hall–Kier alpha value is -3.96. The van der Waals surface area contributed by atoms with Crippen LogP contribution < -0.4 is 4.90 Å². The van der Waals surface area contributed by atoms with Gasteiger partial charge >= 0.3 is 6.09 Å². The lowest BCUT2D eigenvalue weighted by molar-refractivity contribution is -0.349. The lowest BCUT2D eigenvalue weighted by atomic mass is 9.90. The average molecular weight is 629 g/mol. The topological polar surface area (TPSA) is 97.2 Å². The molecule has 0 bridgehead atoms. The van der Waals surface area contributed by atoms with Crippen molar-refractivity contribution in [1.29, 1.82) is 0 Å². The summed E-state index contributed by atoms with van der Waals surface area (Å²) in [6.45, 7) is 9.04. The summed E-state index contributed by atoms with van der Waals surface area (Å²) in [5.74, 6) is -2.17. The highest BCUT2D eigenvalue weighted by Gasteiger charge is 2.52. The Labute approximate surface area is 259 Å². The first kappa shape index (κ1) is 32.4. The number of methoxy groups -OCH3 is 1. The zero-order chi connectivity index (χ0) is 32.5. The van der Waals surface area contributed by atoms with E-state index in [1.165, 1.54) is 22.9 Å². The molecule has 1 aromatic heterocycles. The summed E-state index contributed by atoms with van der Waals surface area (Å²) in [5, 5.41) is 8.34. The molecule has 2 aromatic carbocycles. The summed E-state index contributed by atoms with van der Waals surface area (Å²) in [4.78, 5) is 14.3. The van der Waals surface area contributed by atoms with Crippen LogP contribution in [0.5, 0.6) is 0 Å². The molecule has 0 spiro atoms. The maximum Gasteiger partial charge on any atom is 0.426 e. The molecule has 2 aliphatic heterocycles. The minimum atomic E-state index is -1.57. The molecule has 13 heteroatoms. The zero-order valence-electron chi connectivity index (χ0n) is 25.8. The highest BCUT2D eigenvalue weighted by atomic mass is 19.2. The van der Waals surface area contributed by atoms with Crippen molar-refractivity contribution in [3.8, 4) is 23.2 Å². The fourth-order valence-electron chi connectivity index (χ4n) is 5.27. The molecule has 3 heterocycles. The number of carbonyl (C=O) groups is 1. The molecule has 0 radical (unpaired) electrons. The Morgan fingerprint density at radius 3 is 2.49 bits per heavy atom. The van der Waals surface area contributed by atoms with Crippen LogP contribution in [0.3, 0.4) is 0 Å². The number of fused-ring (bicyclic) bond motifs is 1. The standard InChI is InChI=1S/C32H35F3N4O6/c1-31(2,3)45-30(40)38(20-11-8-7-9-12-20)14-10-13-24-28(41-6)27(29-25(43-24)18-42-32(4,5)44-29)39-17-23(36-37-39)19-15-21(33)26(35)22(34)16-19/h7-9,11-12,15-17,24-25,27-29H,13,18H2,1-6H3/t24-,25-,27-,28+,29+/m1/s1. The van der Waals surface area contributed by atoms with Gasteiger partial charge in [-0.3, -0.25) is 0 Å². The van der Waals surface area contributed by atoms with Gasteiger partial charge in [-0.05, 0) is 58.9 Å². The minimum Gasteiger partial charge on any atom is -0.443 e. The first-order valence-corrected chi connectivity index (χ1v) is 14.4. The van der Waals surface area contributed by atoms with E-state index in [9.17, 15) is 18.0 Å². The number of anilines is 1. The first-order valence-electron chi connectivity index (χ1n) is 14.4. The molecule has 0 saturated carbocycles. The molecule has 240 valence electrons. The van der Waals surface area contributed by atoms with E-state index in [0.717, 1.165) is 12.1 Å². The lowest BCUT2D eigenvalue weighted by Crippen LogP contribution is -2.62. The van der Waals surface area contributed by atoms with Crippen molar-refractivity contribution in [2.24, 2.45) is 0 Å². The van der Waals surface area contributed by atoms with Crippen LogP contribution in [0.2, 0.25) is 0 Å². The number of halogens is 3. The summed E-state index contributed by atoms with van der Waals surface area (Å²) >= 11 is 0. The van der Waals surface area contributed by atoms with Gasteiger partial charge in [-0.2, -0.15) is 0 Å². The van der Waals surface area contributed by atoms with Crippen LogP contribution in [0.25, 0.3) is 11.3 Å². The van der Waals surface area contributed by atoms with Crippen molar-refractivity contribution < 1.29 is 41.7 Å². The summed E-state index contributed by atoms with van der Waals surface area (Å²) in [5.41, 5.74) is -0.0817. The van der Waals surface area contributed by atoms with E-state index < -0.39 is 65.4 Å². The fraction of sp³-hybridized carbons (Fsp3) is 0.469. The highest BCUT2D eigenvalue weighted by molar-refractivity contribution is 5.91. The number of benzene rings is 2. The molecule has 45 heavy (non-hydrogen) atoms. The van der Waals surface area contributed by atoms with Crippen molar-refractivity contribution in [1.82, 2.24) is 15.0 Å². The second kappa shape index (κ2) is 12.8. The van der Waals surface area contributed by atoms with Gasteiger partial charge < -0.3 is 23.7 Å². The van der Waals surface area contributed by atoms with Crippen molar-refractivity contribution in [3.63, 3.8) is 0 Å². The number of ether oxygens (including phenoxy) is 5. The van der Waals surface area contributed by atoms with Crippen molar-refractivity contribution >= 4 is 11.8 Å². The van der Waals surface area contributed by atoms with Gasteiger partial charge in [-0.25, -0.2) is 27.5 Å². The Bertz CT molecular complexity index is 1560. The largest absolute Gasteiger partial charge is 0.443 e. The van der Waals surface area contributed by atoms with Crippen LogP contribution in [0, 0.1) is 29.4 Å². The van der Waals surface area contributed by atoms with Crippen LogP contribution in [0.1, 0.15) is 47.1 Å². The smallest absolute Gasteiger partial charge is 0.426 e. The summed E-state index contributed by atoms with van der Waals surface area (Å²) < 4.78 is 73.1. The molecule has 0 unspecified atom stereocenters. The molecule has 1 amide bonds. The minimum absolute atomic E-state index is 0.00835. The van der Waals surface area contributed by atoms with Crippen LogP contribution in [-0.2, 0) is 23.7 Å². The number of rotatable bonds is 5. The van der Waals surface area contributed by atoms with Gasteiger partial charge in [0.25, 0.3) is 0 Å². The predicted octanol–water partition coefficient (Wildman–Crippen LogP) is 5.63. The number of para-hydroxylation sites is 1. The van der Waals surface area contributed by atoms with E-state index in [0.29, 0.717) is 5.69 Å². The Balaban J connectivity index is 1.46. The second-order valence-corrected chi connectivity index (χ2v) is 12.2. The van der Waals surface area contributed by atoms with Gasteiger partial charge in [0.15, 0.2) is 23.2 Å². The third-order valence-electron chi connectivity index (χ3n) is 7.22. The van der Waals surface area contributed by atoms with Crippen molar-refractivity contribution in [3.05, 3.63) is 66.1 Å². The average Bonchev–Trinajstić information content (AvgIpc) is 3.46. The second-order valence-electron chi connectivity index (χ2n) is 12.2. The summed E-state index contributed by atoms with van der Waals surface area (Å²) in [7, 11) is 1.51. The fourth-order valence-corrected chi connectivity index (χ4v) is 5.27. The van der Waals surface area contributed by atoms with Gasteiger partial charge in [0.05, 0.1) is 24.6 Å². The Morgan fingerprint density at radius 1 is 1.16 bits per heavy atom. The highest BCUT2D eigenvalue weighted by Crippen LogP contribution is 2.40. The predicted molar refractivity (Wildman–Crippen MR) is 156 cm³/mol. The number of hydrogen-bond acceptors (Lipinski definition) is 8. The van der Waals surface area contributed by atoms with Crippen molar-refractivity contribution in [2.75, 3.05) is 18.6 Å². The molecule has 3 aromatic rings. The Morgan fingerprint density at radius 2 is 1.84 bits per heavy atom. The van der Waals surface area contributed by atoms with E-state index in [2.05, 4.69) is 22.3 Å². The summed E-state index contributed by atoms with van der Waals surface area (Å²) in [6, 6.07) is 12.9. The van der Waals surface area contributed by atoms with E-state index in [4.69, 9.17) is 23.7 Å². The third-order valence-corrected chi connectivity index (χ3v) is 7.22. The number of amides is 1. The van der Waals surface area contributed by atoms with Crippen molar-refractivity contribution in [2.45, 2.75) is 82.9 Å². The molecule has 0 aliphatic carbocycles. The molecule has 2 saturated heterocycles. The molecule has 2 fully saturated rings. The molecule has 5 atom stereocenters. The van der Waals surface area contributed by atoms with Gasteiger partial charge in [0.2, 0.25) is 0 Å². The Kier molecular flexibility index (Phi) is 9.23. The molecule has 0 N–H and O–H groups in total. The SMILES string of the molecule is CO[C@@H]1[C@@H](n2cc(-c3cc(F)c(F)c(F)c3)nn2)[C@H]2OC(C)(C)OC[C@H]2O[C@@H]1CC#CN(C(=O)OC(C)(C)C)c1ccccc1. The maximum atomic E-state index is 14.0. The molecule has 2 aliphatic rings. The van der Waals surface area contributed by atoms with E-state index >= 15 is 0 Å². The number of hydrogen-bond donors (Lipinski definition) is 0. The first-order chi connectivity index (χ1) is 21.3. The maximum absolute atomic E-state index is 14.0. The van der Waals surface area contributed by atoms with Gasteiger partial charge in [0, 0.05) is 25.1 Å². The lowest BCUT2D eigenvalue weighted by Gasteiger charge is -2.50. The monoisotopic (exact) mass is 628 g/mol. The van der Waals surface area contributed by atoms with Gasteiger partial charge in [-0.1, -0.05) is 29.3 Å². The molecular formula is C32H35F3N4O6. The van der Waals surface area contributed by atoms with E-state index in [-0.39, 0.29) is 24.3 Å². The normalized spacial score (nSPS) is 24.2. The third kappa shape index (κ3) is 7.31. The van der Waals surface area contributed by atoms with Crippen LogP contribution in [-0.4, -0.2) is 70.6 Å². The molecular weight excluding hydrogens is 593 g/mol. The van der Waals surface area contributed by atoms with Gasteiger partial charge in [0.1, 0.15) is 35.6 Å². The van der Waals surface area contributed by atoms with Crippen LogP contribution in [0.15, 0.2) is 48.7 Å². The molecule has 5 rings (SSSR count). The van der Waals surface area contributed by atoms with Crippen LogP contribution >= 0.6 is 0 Å². The number of nitrogens with zero attached hydrogens (tertiary/aromatic N) is 4. The number of aromatic nitrogens is 3. The molecule has 10 nitrogen and oxygen atoms in total. The number of carbonyl (C=O) groups excluding carboxylic acids is 1.